The van der Waals surface area contributed by atoms with E-state index in [1.54, 1.807) is 0 Å². The average molecular weight is 241 g/mol. The monoisotopic (exact) mass is 241 g/mol. The van der Waals surface area contributed by atoms with E-state index in [2.05, 4.69) is 17.1 Å². The van der Waals surface area contributed by atoms with E-state index in [0.29, 0.717) is 6.04 Å². The third-order valence-electron chi connectivity index (χ3n) is 3.69. The first-order valence-electron chi connectivity index (χ1n) is 6.92. The minimum Gasteiger partial charge on any atom is -0.368 e. The number of primary amides is 1. The second-order valence-corrected chi connectivity index (χ2v) is 5.04. The second-order valence-electron chi connectivity index (χ2n) is 5.04. The quantitative estimate of drug-likeness (QED) is 0.732. The molecule has 2 unspecified atom stereocenters. The van der Waals surface area contributed by atoms with Gasteiger partial charge in [0.2, 0.25) is 5.91 Å². The van der Waals surface area contributed by atoms with Crippen LogP contribution < -0.4 is 11.1 Å². The van der Waals surface area contributed by atoms with Crippen LogP contribution in [0.2, 0.25) is 0 Å². The van der Waals surface area contributed by atoms with Crippen molar-refractivity contribution in [2.24, 2.45) is 5.73 Å². The zero-order valence-electron chi connectivity index (χ0n) is 11.2. The van der Waals surface area contributed by atoms with Gasteiger partial charge in [-0.3, -0.25) is 4.79 Å². The summed E-state index contributed by atoms with van der Waals surface area (Å²) in [5, 5.41) is 3.15. The van der Waals surface area contributed by atoms with Crippen LogP contribution >= 0.6 is 0 Å². The van der Waals surface area contributed by atoms with Crippen molar-refractivity contribution >= 4 is 5.91 Å². The Morgan fingerprint density at radius 3 is 2.88 bits per heavy atom. The number of amides is 1. The molecular formula is C13H27N3O. The molecule has 1 amide bonds. The van der Waals surface area contributed by atoms with Gasteiger partial charge in [-0.25, -0.2) is 0 Å². The Labute approximate surface area is 105 Å². The summed E-state index contributed by atoms with van der Waals surface area (Å²) in [6, 6.07) is 0.475. The van der Waals surface area contributed by atoms with E-state index >= 15 is 0 Å². The van der Waals surface area contributed by atoms with Gasteiger partial charge in [-0.2, -0.15) is 0 Å². The standard InChI is InChI=1S/C13H27N3O/c1-3-15-12(13(14)17)8-10-16-9-6-4-5-7-11(16)2/h11-12,15H,3-10H2,1-2H3,(H2,14,17). The predicted molar refractivity (Wildman–Crippen MR) is 70.8 cm³/mol. The first-order chi connectivity index (χ1) is 8.15. The van der Waals surface area contributed by atoms with Crippen molar-refractivity contribution in [1.82, 2.24) is 10.2 Å². The number of rotatable bonds is 6. The molecule has 1 saturated heterocycles. The Hall–Kier alpha value is -0.610. The molecule has 0 aromatic rings. The summed E-state index contributed by atoms with van der Waals surface area (Å²) >= 11 is 0. The maximum atomic E-state index is 11.3. The van der Waals surface area contributed by atoms with Gasteiger partial charge in [0.05, 0.1) is 6.04 Å². The van der Waals surface area contributed by atoms with Crippen LogP contribution in [0.1, 0.15) is 46.0 Å². The number of nitrogens with two attached hydrogens (primary N) is 1. The van der Waals surface area contributed by atoms with Crippen LogP contribution in [0.25, 0.3) is 0 Å². The highest BCUT2D eigenvalue weighted by atomic mass is 16.1. The van der Waals surface area contributed by atoms with Crippen molar-refractivity contribution in [3.05, 3.63) is 0 Å². The molecule has 2 atom stereocenters. The predicted octanol–water partition coefficient (Wildman–Crippen LogP) is 1.10. The third-order valence-corrected chi connectivity index (χ3v) is 3.69. The largest absolute Gasteiger partial charge is 0.368 e. The molecule has 1 rings (SSSR count). The first kappa shape index (κ1) is 14.5. The van der Waals surface area contributed by atoms with E-state index in [-0.39, 0.29) is 11.9 Å². The number of nitrogens with one attached hydrogen (secondary N) is 1. The lowest BCUT2D eigenvalue weighted by Crippen LogP contribution is -2.44. The Kier molecular flexibility index (Phi) is 6.52. The molecule has 0 aliphatic carbocycles. The van der Waals surface area contributed by atoms with Crippen LogP contribution in [-0.2, 0) is 4.79 Å². The highest BCUT2D eigenvalue weighted by Gasteiger charge is 2.20. The van der Waals surface area contributed by atoms with Crippen molar-refractivity contribution < 1.29 is 4.79 Å². The zero-order valence-corrected chi connectivity index (χ0v) is 11.2. The first-order valence-corrected chi connectivity index (χ1v) is 6.92. The Morgan fingerprint density at radius 2 is 2.24 bits per heavy atom. The van der Waals surface area contributed by atoms with Crippen LogP contribution in [0, 0.1) is 0 Å². The van der Waals surface area contributed by atoms with E-state index in [1.807, 2.05) is 6.92 Å². The fourth-order valence-electron chi connectivity index (χ4n) is 2.55. The molecular weight excluding hydrogens is 214 g/mol. The minimum absolute atomic E-state index is 0.171. The molecule has 4 heteroatoms. The number of likely N-dealkylation sites (N-methyl/N-ethyl adjacent to an activating group) is 1. The van der Waals surface area contributed by atoms with Gasteiger partial charge in [0, 0.05) is 12.6 Å². The number of likely N-dealkylation sites (tertiary alicyclic amines) is 1. The van der Waals surface area contributed by atoms with Gasteiger partial charge >= 0.3 is 0 Å². The molecule has 17 heavy (non-hydrogen) atoms. The van der Waals surface area contributed by atoms with Gasteiger partial charge in [-0.05, 0) is 39.3 Å². The van der Waals surface area contributed by atoms with E-state index in [1.165, 1.54) is 32.2 Å². The summed E-state index contributed by atoms with van der Waals surface area (Å²) < 4.78 is 0. The average Bonchev–Trinajstić information content (AvgIpc) is 2.49. The Balaban J connectivity index is 2.38. The summed E-state index contributed by atoms with van der Waals surface area (Å²) in [7, 11) is 0. The normalized spacial score (nSPS) is 24.2. The summed E-state index contributed by atoms with van der Waals surface area (Å²) in [5.41, 5.74) is 5.38. The van der Waals surface area contributed by atoms with Crippen LogP contribution in [0.4, 0.5) is 0 Å². The van der Waals surface area contributed by atoms with E-state index < -0.39 is 0 Å². The van der Waals surface area contributed by atoms with Gasteiger partial charge in [-0.1, -0.05) is 19.8 Å². The third kappa shape index (κ3) is 5.04. The molecule has 100 valence electrons. The Bertz CT molecular complexity index is 233. The SMILES string of the molecule is CCNC(CCN1CCCCCC1C)C(N)=O. The highest BCUT2D eigenvalue weighted by Crippen LogP contribution is 2.16. The number of hydrogen-bond acceptors (Lipinski definition) is 3. The molecule has 3 N–H and O–H groups in total. The fraction of sp³-hybridized carbons (Fsp3) is 0.923. The van der Waals surface area contributed by atoms with Gasteiger partial charge in [-0.15, -0.1) is 0 Å². The Morgan fingerprint density at radius 1 is 1.47 bits per heavy atom. The molecule has 0 bridgehead atoms. The van der Waals surface area contributed by atoms with Crippen LogP contribution in [0.15, 0.2) is 0 Å². The summed E-state index contributed by atoms with van der Waals surface area (Å²) in [6.45, 7) is 7.23. The van der Waals surface area contributed by atoms with Gasteiger partial charge in [0.1, 0.15) is 0 Å². The topological polar surface area (TPSA) is 58.4 Å². The number of hydrogen-bond donors (Lipinski definition) is 2. The lowest BCUT2D eigenvalue weighted by Gasteiger charge is -2.28. The van der Waals surface area contributed by atoms with Crippen LogP contribution in [-0.4, -0.2) is 42.5 Å². The van der Waals surface area contributed by atoms with Gasteiger partial charge in [0.25, 0.3) is 0 Å². The molecule has 0 spiro atoms. The number of nitrogens with zero attached hydrogens (tertiary/aromatic N) is 1. The molecule has 0 radical (unpaired) electrons. The molecule has 0 aromatic heterocycles. The van der Waals surface area contributed by atoms with Crippen molar-refractivity contribution in [1.29, 1.82) is 0 Å². The maximum absolute atomic E-state index is 11.3. The number of carbonyl (C=O) groups excluding carboxylic acids is 1. The van der Waals surface area contributed by atoms with E-state index in [9.17, 15) is 4.79 Å². The summed E-state index contributed by atoms with van der Waals surface area (Å²) in [4.78, 5) is 13.8. The molecule has 4 nitrogen and oxygen atoms in total. The second kappa shape index (κ2) is 7.67. The van der Waals surface area contributed by atoms with E-state index in [0.717, 1.165) is 19.5 Å². The van der Waals surface area contributed by atoms with Crippen LogP contribution in [0.5, 0.6) is 0 Å². The fourth-order valence-corrected chi connectivity index (χ4v) is 2.55. The zero-order chi connectivity index (χ0) is 12.7. The maximum Gasteiger partial charge on any atom is 0.234 e. The van der Waals surface area contributed by atoms with Gasteiger partial charge in [0.15, 0.2) is 0 Å². The smallest absolute Gasteiger partial charge is 0.234 e. The number of carbonyl (C=O) groups is 1. The summed E-state index contributed by atoms with van der Waals surface area (Å²) in [6.07, 6.45) is 6.07. The van der Waals surface area contributed by atoms with Gasteiger partial charge < -0.3 is 16.0 Å². The molecule has 0 aromatic carbocycles. The molecule has 1 aliphatic heterocycles. The molecule has 0 saturated carbocycles. The van der Waals surface area contributed by atoms with Crippen molar-refractivity contribution in [3.63, 3.8) is 0 Å². The van der Waals surface area contributed by atoms with Crippen molar-refractivity contribution in [3.8, 4) is 0 Å². The van der Waals surface area contributed by atoms with Crippen molar-refractivity contribution in [2.75, 3.05) is 19.6 Å². The molecule has 1 aliphatic rings. The summed E-state index contributed by atoms with van der Waals surface area (Å²) in [5.74, 6) is -0.227. The van der Waals surface area contributed by atoms with E-state index in [4.69, 9.17) is 5.73 Å². The minimum atomic E-state index is -0.227. The van der Waals surface area contributed by atoms with Crippen molar-refractivity contribution in [2.45, 2.75) is 58.0 Å². The lowest BCUT2D eigenvalue weighted by atomic mass is 10.1. The lowest BCUT2D eigenvalue weighted by molar-refractivity contribution is -0.120. The van der Waals surface area contributed by atoms with Crippen LogP contribution in [0.3, 0.4) is 0 Å². The molecule has 1 fully saturated rings. The highest BCUT2D eigenvalue weighted by molar-refractivity contribution is 5.79. The molecule has 1 heterocycles.